The molecule has 1 N–H and O–H groups in total. The van der Waals surface area contributed by atoms with Gasteiger partial charge < -0.3 is 24.1 Å². The molecule has 276 valence electrons. The lowest BCUT2D eigenvalue weighted by Gasteiger charge is -2.20. The lowest BCUT2D eigenvalue weighted by Crippen LogP contribution is -2.30. The van der Waals surface area contributed by atoms with Crippen molar-refractivity contribution in [1.82, 2.24) is 19.9 Å². The lowest BCUT2D eigenvalue weighted by molar-refractivity contribution is -0.145. The first-order valence-electron chi connectivity index (χ1n) is 17.3. The monoisotopic (exact) mass is 774 g/mol. The van der Waals surface area contributed by atoms with E-state index in [1.165, 1.54) is 29.8 Å². The zero-order valence-corrected chi connectivity index (χ0v) is 31.2. The van der Waals surface area contributed by atoms with Crippen molar-refractivity contribution < 1.29 is 33.2 Å². The molecule has 55 heavy (non-hydrogen) atoms. The number of rotatable bonds is 7. The summed E-state index contributed by atoms with van der Waals surface area (Å²) < 4.78 is 38.2. The molecule has 2 aliphatic heterocycles. The zero-order chi connectivity index (χ0) is 38.1. The third kappa shape index (κ3) is 7.44. The van der Waals surface area contributed by atoms with Gasteiger partial charge in [-0.2, -0.15) is 0 Å². The quantitative estimate of drug-likeness (QED) is 0.168. The van der Waals surface area contributed by atoms with Crippen LogP contribution in [0.15, 0.2) is 97.5 Å². The summed E-state index contributed by atoms with van der Waals surface area (Å²) in [6.07, 6.45) is 1.57. The molecule has 0 saturated carbocycles. The Kier molecular flexibility index (Phi) is 10.1. The number of carboxylic acid groups (broad SMARTS) is 1. The van der Waals surface area contributed by atoms with Gasteiger partial charge in [0.05, 0.1) is 31.4 Å². The fourth-order valence-electron chi connectivity index (χ4n) is 6.53. The van der Waals surface area contributed by atoms with Gasteiger partial charge in [-0.15, -0.1) is 11.3 Å². The Bertz CT molecular complexity index is 2570. The normalized spacial score (nSPS) is 14.1. The maximum atomic E-state index is 14.1. The molecule has 10 nitrogen and oxygen atoms in total. The molecule has 5 heterocycles. The van der Waals surface area contributed by atoms with Gasteiger partial charge >= 0.3 is 5.97 Å². The molecule has 0 aliphatic carbocycles. The number of halogens is 2. The first-order chi connectivity index (χ1) is 26.7. The number of methoxy groups -OCH3 is 1. The van der Waals surface area contributed by atoms with Crippen molar-refractivity contribution in [3.8, 4) is 50.3 Å². The van der Waals surface area contributed by atoms with Crippen molar-refractivity contribution >= 4 is 39.1 Å². The van der Waals surface area contributed by atoms with Crippen molar-refractivity contribution in [1.29, 1.82) is 0 Å². The number of benzene rings is 4. The fraction of sp³-hybridized carbons (Fsp3) is 0.167. The standard InChI is InChI=1S/C42H32ClFN4O6S/c1-23-32-12-9-27(37(23)43)20-52-19-24-6-13-33(53-21-30-14-15-45-39(48-30)26-4-3-5-31(17-26)51-2)28(16-24)18-34(42(49)50)54-40-36-35(32)38(55-41(36)47-22-46-40)25-7-10-29(44)11-8-25/h3-17,22,34H,18-21H2,1-2H3,(H,49,50)/t34-/m1/s1. The Labute approximate surface area is 324 Å². The average molecular weight is 775 g/mol. The first-order valence-corrected chi connectivity index (χ1v) is 18.4. The van der Waals surface area contributed by atoms with E-state index >= 15 is 0 Å². The minimum absolute atomic E-state index is 0.0638. The molecular formula is C42H32ClFN4O6S. The molecule has 0 radical (unpaired) electrons. The van der Waals surface area contributed by atoms with Gasteiger partial charge in [0.1, 0.15) is 35.1 Å². The highest BCUT2D eigenvalue weighted by atomic mass is 35.5. The van der Waals surface area contributed by atoms with E-state index in [0.717, 1.165) is 38.3 Å². The van der Waals surface area contributed by atoms with Gasteiger partial charge in [0.25, 0.3) is 0 Å². The van der Waals surface area contributed by atoms with Crippen molar-refractivity contribution in [2.45, 2.75) is 39.3 Å². The largest absolute Gasteiger partial charge is 0.497 e. The maximum Gasteiger partial charge on any atom is 0.345 e. The molecule has 4 aromatic carbocycles. The third-order valence-corrected chi connectivity index (χ3v) is 11.0. The molecule has 2 aliphatic rings. The van der Waals surface area contributed by atoms with Crippen LogP contribution in [0.25, 0.3) is 43.2 Å². The predicted octanol–water partition coefficient (Wildman–Crippen LogP) is 9.28. The molecule has 0 saturated heterocycles. The molecule has 3 aromatic heterocycles. The Morgan fingerprint density at radius 2 is 1.84 bits per heavy atom. The number of aliphatic carboxylic acids is 1. The molecule has 0 unspecified atom stereocenters. The van der Waals surface area contributed by atoms with Gasteiger partial charge in [-0.05, 0) is 82.8 Å². The summed E-state index contributed by atoms with van der Waals surface area (Å²) >= 11 is 8.38. The average Bonchev–Trinajstić information content (AvgIpc) is 3.59. The van der Waals surface area contributed by atoms with Gasteiger partial charge in [-0.25, -0.2) is 29.1 Å². The number of aromatic nitrogens is 4. The number of nitrogens with zero attached hydrogens (tertiary/aromatic N) is 4. The highest BCUT2D eigenvalue weighted by Gasteiger charge is 2.28. The molecule has 1 atom stereocenters. The molecule has 0 spiro atoms. The van der Waals surface area contributed by atoms with Gasteiger partial charge in [-0.1, -0.05) is 54.1 Å². The summed E-state index contributed by atoms with van der Waals surface area (Å²) in [7, 11) is 1.60. The van der Waals surface area contributed by atoms with E-state index in [1.807, 2.05) is 55.5 Å². The van der Waals surface area contributed by atoms with E-state index in [0.29, 0.717) is 49.4 Å². The van der Waals surface area contributed by atoms with Crippen LogP contribution in [0, 0.1) is 12.7 Å². The first kappa shape index (κ1) is 36.0. The SMILES string of the molecule is COc1cccc(-c2nccc(COc3ccc4cc3C[C@H](C(=O)O)Oc3ncnc5sc(-c6ccc(F)cc6)c(c35)-c3ccc(c(Cl)c3C)COC4)n2)c1. The van der Waals surface area contributed by atoms with E-state index in [1.54, 1.807) is 37.6 Å². The van der Waals surface area contributed by atoms with E-state index in [-0.39, 0.29) is 37.9 Å². The van der Waals surface area contributed by atoms with Gasteiger partial charge in [0, 0.05) is 33.6 Å². The van der Waals surface area contributed by atoms with Crippen LogP contribution in [-0.2, 0) is 35.8 Å². The number of fused-ring (bicyclic) bond motifs is 6. The van der Waals surface area contributed by atoms with Crippen molar-refractivity contribution in [2.24, 2.45) is 0 Å². The summed E-state index contributed by atoms with van der Waals surface area (Å²) in [6, 6.07) is 24.8. The number of ether oxygens (including phenoxy) is 4. The van der Waals surface area contributed by atoms with Crippen LogP contribution < -0.4 is 14.2 Å². The maximum absolute atomic E-state index is 14.1. The van der Waals surface area contributed by atoms with Crippen molar-refractivity contribution in [2.75, 3.05) is 7.11 Å². The molecule has 4 bridgehead atoms. The highest BCUT2D eigenvalue weighted by Crippen LogP contribution is 2.49. The predicted molar refractivity (Wildman–Crippen MR) is 207 cm³/mol. The lowest BCUT2D eigenvalue weighted by atomic mass is 9.94. The second kappa shape index (κ2) is 15.4. The number of hydrogen-bond acceptors (Lipinski definition) is 10. The molecule has 0 fully saturated rings. The van der Waals surface area contributed by atoms with Crippen molar-refractivity contribution in [3.05, 3.63) is 136 Å². The van der Waals surface area contributed by atoms with Gasteiger partial charge in [-0.3, -0.25) is 0 Å². The molecule has 0 amide bonds. The minimum atomic E-state index is -1.38. The van der Waals surface area contributed by atoms with Crippen molar-refractivity contribution in [3.63, 3.8) is 0 Å². The second-order valence-corrected chi connectivity index (χ2v) is 14.2. The fourth-order valence-corrected chi connectivity index (χ4v) is 7.90. The second-order valence-electron chi connectivity index (χ2n) is 12.9. The smallest absolute Gasteiger partial charge is 0.345 e. The van der Waals surface area contributed by atoms with E-state index in [4.69, 9.17) is 35.5 Å². The van der Waals surface area contributed by atoms with Crippen LogP contribution in [0.3, 0.4) is 0 Å². The van der Waals surface area contributed by atoms with Crippen LogP contribution in [0.5, 0.6) is 17.4 Å². The Balaban J connectivity index is 1.19. The van der Waals surface area contributed by atoms with Crippen LogP contribution in [0.4, 0.5) is 4.39 Å². The van der Waals surface area contributed by atoms with Crippen LogP contribution >= 0.6 is 22.9 Å². The summed E-state index contributed by atoms with van der Waals surface area (Å²) in [5.41, 5.74) is 6.61. The molecule has 7 aromatic rings. The van der Waals surface area contributed by atoms with Crippen LogP contribution in [0.1, 0.15) is 27.9 Å². The Morgan fingerprint density at radius 3 is 2.65 bits per heavy atom. The Morgan fingerprint density at radius 1 is 0.982 bits per heavy atom. The molecule has 9 rings (SSSR count). The molecular weight excluding hydrogens is 743 g/mol. The number of carboxylic acids is 1. The van der Waals surface area contributed by atoms with Gasteiger partial charge in [0.2, 0.25) is 12.0 Å². The summed E-state index contributed by atoms with van der Waals surface area (Å²) in [6.45, 7) is 2.47. The zero-order valence-electron chi connectivity index (χ0n) is 29.6. The van der Waals surface area contributed by atoms with E-state index < -0.39 is 12.1 Å². The van der Waals surface area contributed by atoms with Crippen LogP contribution in [0.2, 0.25) is 5.02 Å². The van der Waals surface area contributed by atoms with Gasteiger partial charge in [0.15, 0.2) is 5.82 Å². The summed E-state index contributed by atoms with van der Waals surface area (Å²) in [5.74, 6) is 0.182. The number of thiophene rings is 1. The third-order valence-electron chi connectivity index (χ3n) is 9.30. The van der Waals surface area contributed by atoms with E-state index in [9.17, 15) is 14.3 Å². The molecule has 13 heteroatoms. The topological polar surface area (TPSA) is 126 Å². The summed E-state index contributed by atoms with van der Waals surface area (Å²) in [5, 5.41) is 11.6. The van der Waals surface area contributed by atoms with E-state index in [2.05, 4.69) is 15.0 Å². The van der Waals surface area contributed by atoms with Crippen LogP contribution in [-0.4, -0.2) is 44.2 Å². The number of hydrogen-bond donors (Lipinski definition) is 1. The Hall–Kier alpha value is -5.95. The number of carbonyl (C=O) groups is 1. The summed E-state index contributed by atoms with van der Waals surface area (Å²) in [4.78, 5) is 32.5. The minimum Gasteiger partial charge on any atom is -0.497 e. The highest BCUT2D eigenvalue weighted by molar-refractivity contribution is 7.22.